The maximum Gasteiger partial charge on any atom is 0.119 e. The van der Waals surface area contributed by atoms with E-state index in [-0.39, 0.29) is 0 Å². The first-order valence-corrected chi connectivity index (χ1v) is 5.43. The Hall–Kier alpha value is -1.22. The van der Waals surface area contributed by atoms with Gasteiger partial charge in [0.2, 0.25) is 0 Å². The van der Waals surface area contributed by atoms with E-state index in [9.17, 15) is 0 Å². The third kappa shape index (κ3) is 1.92. The maximum absolute atomic E-state index is 5.20. The number of rotatable bonds is 2. The number of aromatic nitrogens is 1. The summed E-state index contributed by atoms with van der Waals surface area (Å²) in [6, 6.07) is 7.98. The van der Waals surface area contributed by atoms with E-state index in [1.165, 1.54) is 5.56 Å². The maximum atomic E-state index is 5.20. The van der Waals surface area contributed by atoms with Gasteiger partial charge in [-0.05, 0) is 36.8 Å². The van der Waals surface area contributed by atoms with Crippen molar-refractivity contribution in [1.82, 2.24) is 4.98 Å². The van der Waals surface area contributed by atoms with Crippen LogP contribution in [0.2, 0.25) is 0 Å². The molecular weight excluding hydrogens is 206 g/mol. The van der Waals surface area contributed by atoms with Gasteiger partial charge in [-0.25, -0.2) is 0 Å². The molecule has 2 rings (SSSR count). The summed E-state index contributed by atoms with van der Waals surface area (Å²) in [5.41, 5.74) is 3.22. The van der Waals surface area contributed by atoms with Crippen molar-refractivity contribution >= 4 is 23.5 Å². The van der Waals surface area contributed by atoms with E-state index in [0.717, 1.165) is 22.3 Å². The second kappa shape index (κ2) is 4.11. The zero-order chi connectivity index (χ0) is 10.8. The lowest BCUT2D eigenvalue weighted by Crippen LogP contribution is -1.91. The minimum Gasteiger partial charge on any atom is -0.497 e. The number of aryl methyl sites for hydroxylation is 1. The summed E-state index contributed by atoms with van der Waals surface area (Å²) in [5.74, 6) is 1.57. The molecule has 0 spiro atoms. The molecule has 2 aromatic rings. The highest BCUT2D eigenvalue weighted by molar-refractivity contribution is 7.79. The fraction of sp³-hybridized carbons (Fsp3) is 0.250. The highest BCUT2D eigenvalue weighted by atomic mass is 32.1. The van der Waals surface area contributed by atoms with Crippen LogP contribution in [-0.4, -0.2) is 12.1 Å². The van der Waals surface area contributed by atoms with Crippen LogP contribution in [0.5, 0.6) is 5.75 Å². The van der Waals surface area contributed by atoms with E-state index >= 15 is 0 Å². The minimum absolute atomic E-state index is 0.715. The minimum atomic E-state index is 0.715. The van der Waals surface area contributed by atoms with E-state index in [2.05, 4.69) is 23.7 Å². The van der Waals surface area contributed by atoms with Crippen LogP contribution in [0.25, 0.3) is 10.9 Å². The van der Waals surface area contributed by atoms with Gasteiger partial charge in [0, 0.05) is 16.8 Å². The SMILES string of the molecule is COc1ccc2nc(C)cc(CS)c2c1. The van der Waals surface area contributed by atoms with E-state index in [0.29, 0.717) is 5.75 Å². The van der Waals surface area contributed by atoms with E-state index in [4.69, 9.17) is 4.74 Å². The molecule has 0 saturated heterocycles. The molecule has 78 valence electrons. The second-order valence-electron chi connectivity index (χ2n) is 3.46. The summed E-state index contributed by atoms with van der Waals surface area (Å²) in [5, 5.41) is 1.12. The van der Waals surface area contributed by atoms with Crippen LogP contribution in [0.1, 0.15) is 11.3 Å². The molecule has 0 N–H and O–H groups in total. The Morgan fingerprint density at radius 1 is 1.33 bits per heavy atom. The summed E-state index contributed by atoms with van der Waals surface area (Å²) in [6.45, 7) is 2.00. The number of hydrogen-bond donors (Lipinski definition) is 1. The number of fused-ring (bicyclic) bond motifs is 1. The molecular formula is C12H13NOS. The van der Waals surface area contributed by atoms with Crippen molar-refractivity contribution in [2.75, 3.05) is 7.11 Å². The molecule has 1 aromatic carbocycles. The highest BCUT2D eigenvalue weighted by Crippen LogP contribution is 2.24. The number of thiol groups is 1. The van der Waals surface area contributed by atoms with E-state index < -0.39 is 0 Å². The van der Waals surface area contributed by atoms with Gasteiger partial charge in [0.05, 0.1) is 12.6 Å². The summed E-state index contributed by atoms with van der Waals surface area (Å²) in [7, 11) is 1.67. The van der Waals surface area contributed by atoms with Crippen LogP contribution in [0.4, 0.5) is 0 Å². The van der Waals surface area contributed by atoms with Gasteiger partial charge >= 0.3 is 0 Å². The van der Waals surface area contributed by atoms with Gasteiger partial charge < -0.3 is 4.74 Å². The number of ether oxygens (including phenoxy) is 1. The Morgan fingerprint density at radius 3 is 2.80 bits per heavy atom. The Kier molecular flexibility index (Phi) is 2.82. The molecule has 0 unspecified atom stereocenters. The highest BCUT2D eigenvalue weighted by Gasteiger charge is 2.03. The Bertz CT molecular complexity index is 496. The Balaban J connectivity index is 2.73. The zero-order valence-corrected chi connectivity index (χ0v) is 9.71. The van der Waals surface area contributed by atoms with Crippen LogP contribution in [0, 0.1) is 6.92 Å². The van der Waals surface area contributed by atoms with Gasteiger partial charge in [-0.2, -0.15) is 12.6 Å². The molecule has 0 bridgehead atoms. The first-order valence-electron chi connectivity index (χ1n) is 4.79. The molecule has 0 saturated carbocycles. The lowest BCUT2D eigenvalue weighted by molar-refractivity contribution is 0.415. The number of hydrogen-bond acceptors (Lipinski definition) is 3. The summed E-state index contributed by atoms with van der Waals surface area (Å²) in [6.07, 6.45) is 0. The van der Waals surface area contributed by atoms with Crippen molar-refractivity contribution in [2.24, 2.45) is 0 Å². The first-order chi connectivity index (χ1) is 7.24. The third-order valence-electron chi connectivity index (χ3n) is 2.40. The third-order valence-corrected chi connectivity index (χ3v) is 2.74. The molecule has 1 aromatic heterocycles. The lowest BCUT2D eigenvalue weighted by atomic mass is 10.1. The van der Waals surface area contributed by atoms with Crippen LogP contribution in [0.3, 0.4) is 0 Å². The van der Waals surface area contributed by atoms with Crippen molar-refractivity contribution in [3.63, 3.8) is 0 Å². The van der Waals surface area contributed by atoms with Crippen LogP contribution in [-0.2, 0) is 5.75 Å². The molecule has 0 radical (unpaired) electrons. The molecule has 0 aliphatic rings. The number of methoxy groups -OCH3 is 1. The molecule has 2 nitrogen and oxygen atoms in total. The molecule has 0 aliphatic carbocycles. The summed E-state index contributed by atoms with van der Waals surface area (Å²) < 4.78 is 5.20. The van der Waals surface area contributed by atoms with Gasteiger partial charge in [0.15, 0.2) is 0 Å². The number of nitrogens with zero attached hydrogens (tertiary/aromatic N) is 1. The van der Waals surface area contributed by atoms with Gasteiger partial charge in [0.25, 0.3) is 0 Å². The molecule has 0 aliphatic heterocycles. The Morgan fingerprint density at radius 2 is 2.13 bits per heavy atom. The van der Waals surface area contributed by atoms with Gasteiger partial charge in [0.1, 0.15) is 5.75 Å². The van der Waals surface area contributed by atoms with Crippen LogP contribution < -0.4 is 4.74 Å². The standard InChI is InChI=1S/C12H13NOS/c1-8-5-9(7-15)11-6-10(14-2)3-4-12(11)13-8/h3-6,15H,7H2,1-2H3. The van der Waals surface area contributed by atoms with E-state index in [1.54, 1.807) is 7.11 Å². The predicted octanol–water partition coefficient (Wildman–Crippen LogP) is 2.98. The molecule has 15 heavy (non-hydrogen) atoms. The van der Waals surface area contributed by atoms with Crippen molar-refractivity contribution in [2.45, 2.75) is 12.7 Å². The van der Waals surface area contributed by atoms with Crippen molar-refractivity contribution in [3.8, 4) is 5.75 Å². The number of pyridine rings is 1. The average molecular weight is 219 g/mol. The topological polar surface area (TPSA) is 22.1 Å². The molecule has 1 heterocycles. The summed E-state index contributed by atoms with van der Waals surface area (Å²) >= 11 is 4.33. The molecule has 3 heteroatoms. The predicted molar refractivity (Wildman–Crippen MR) is 65.7 cm³/mol. The molecule has 0 amide bonds. The number of benzene rings is 1. The van der Waals surface area contributed by atoms with E-state index in [1.807, 2.05) is 25.1 Å². The second-order valence-corrected chi connectivity index (χ2v) is 3.78. The van der Waals surface area contributed by atoms with Crippen LogP contribution >= 0.6 is 12.6 Å². The smallest absolute Gasteiger partial charge is 0.119 e. The van der Waals surface area contributed by atoms with Gasteiger partial charge in [-0.15, -0.1) is 0 Å². The lowest BCUT2D eigenvalue weighted by Gasteiger charge is -2.07. The van der Waals surface area contributed by atoms with Crippen LogP contribution in [0.15, 0.2) is 24.3 Å². The largest absolute Gasteiger partial charge is 0.497 e. The van der Waals surface area contributed by atoms with Crippen molar-refractivity contribution < 1.29 is 4.74 Å². The quantitative estimate of drug-likeness (QED) is 0.784. The fourth-order valence-electron chi connectivity index (χ4n) is 1.68. The van der Waals surface area contributed by atoms with Gasteiger partial charge in [-0.3, -0.25) is 4.98 Å². The van der Waals surface area contributed by atoms with Gasteiger partial charge in [-0.1, -0.05) is 0 Å². The molecule has 0 fully saturated rings. The van der Waals surface area contributed by atoms with Crippen molar-refractivity contribution in [3.05, 3.63) is 35.5 Å². The zero-order valence-electron chi connectivity index (χ0n) is 8.82. The summed E-state index contributed by atoms with van der Waals surface area (Å²) in [4.78, 5) is 4.47. The normalized spacial score (nSPS) is 10.6. The fourth-order valence-corrected chi connectivity index (χ4v) is 1.94. The first kappa shape index (κ1) is 10.3. The Labute approximate surface area is 94.7 Å². The average Bonchev–Trinajstić information content (AvgIpc) is 2.27. The van der Waals surface area contributed by atoms with Crippen molar-refractivity contribution in [1.29, 1.82) is 0 Å². The monoisotopic (exact) mass is 219 g/mol. The molecule has 0 atom stereocenters.